The number of Topliss-reactive ketones (excluding diaryl/α,β-unsaturated/α-hetero) is 1. The quantitative estimate of drug-likeness (QED) is 0.814. The molecule has 0 spiro atoms. The molecule has 0 amide bonds. The number of benzene rings is 1. The van der Waals surface area contributed by atoms with E-state index < -0.39 is 0 Å². The number of carbonyl (C=O) groups excluding carboxylic acids is 1. The van der Waals surface area contributed by atoms with Gasteiger partial charge in [-0.25, -0.2) is 0 Å². The first-order chi connectivity index (χ1) is 10.1. The number of hydrogen-bond donors (Lipinski definition) is 1. The standard InChI is InChI=1S/C15H20Cl2N2O2/c1-2-7-21-15-12(8-11(16)9-13(15)17)14(20)10-19-5-3-18-4-6-19/h8-9,18H,2-7,10H2,1H3. The van der Waals surface area contributed by atoms with Gasteiger partial charge >= 0.3 is 0 Å². The Morgan fingerprint density at radius 3 is 2.71 bits per heavy atom. The summed E-state index contributed by atoms with van der Waals surface area (Å²) < 4.78 is 5.64. The van der Waals surface area contributed by atoms with Gasteiger partial charge in [-0.1, -0.05) is 30.1 Å². The minimum absolute atomic E-state index is 0.00703. The summed E-state index contributed by atoms with van der Waals surface area (Å²) in [7, 11) is 0. The number of ketones is 1. The molecule has 4 nitrogen and oxygen atoms in total. The maximum absolute atomic E-state index is 12.5. The predicted octanol–water partition coefficient (Wildman–Crippen LogP) is 2.87. The van der Waals surface area contributed by atoms with Gasteiger partial charge in [0.25, 0.3) is 0 Å². The highest BCUT2D eigenvalue weighted by Gasteiger charge is 2.20. The van der Waals surface area contributed by atoms with E-state index in [0.717, 1.165) is 32.6 Å². The second-order valence-corrected chi connectivity index (χ2v) is 5.91. The molecule has 1 aromatic rings. The van der Waals surface area contributed by atoms with Crippen molar-refractivity contribution in [2.75, 3.05) is 39.3 Å². The van der Waals surface area contributed by atoms with Crippen LogP contribution in [0.15, 0.2) is 12.1 Å². The number of piperazine rings is 1. The van der Waals surface area contributed by atoms with Gasteiger partial charge in [0, 0.05) is 31.2 Å². The predicted molar refractivity (Wildman–Crippen MR) is 85.9 cm³/mol. The molecule has 0 atom stereocenters. The maximum Gasteiger partial charge on any atom is 0.180 e. The van der Waals surface area contributed by atoms with Crippen molar-refractivity contribution in [3.8, 4) is 5.75 Å². The van der Waals surface area contributed by atoms with Gasteiger partial charge in [-0.15, -0.1) is 0 Å². The Kier molecular flexibility index (Phi) is 6.30. The first-order valence-corrected chi connectivity index (χ1v) is 7.95. The van der Waals surface area contributed by atoms with Crippen molar-refractivity contribution in [3.63, 3.8) is 0 Å². The molecule has 1 N–H and O–H groups in total. The Morgan fingerprint density at radius 1 is 1.33 bits per heavy atom. The first-order valence-electron chi connectivity index (χ1n) is 7.20. The third-order valence-electron chi connectivity index (χ3n) is 3.34. The molecule has 0 saturated carbocycles. The highest BCUT2D eigenvalue weighted by Crippen LogP contribution is 2.33. The SMILES string of the molecule is CCCOc1c(Cl)cc(Cl)cc1C(=O)CN1CCNCC1. The van der Waals surface area contributed by atoms with Gasteiger partial charge in [-0.05, 0) is 18.6 Å². The molecule has 6 heteroatoms. The molecule has 2 rings (SSSR count). The van der Waals surface area contributed by atoms with Crippen LogP contribution in [0.1, 0.15) is 23.7 Å². The average Bonchev–Trinajstić information content (AvgIpc) is 2.46. The van der Waals surface area contributed by atoms with E-state index in [1.54, 1.807) is 12.1 Å². The molecule has 0 aliphatic carbocycles. The molecule has 0 radical (unpaired) electrons. The van der Waals surface area contributed by atoms with E-state index in [4.69, 9.17) is 27.9 Å². The van der Waals surface area contributed by atoms with E-state index >= 15 is 0 Å². The third kappa shape index (κ3) is 4.58. The number of nitrogens with one attached hydrogen (secondary N) is 1. The normalized spacial score (nSPS) is 16.0. The van der Waals surface area contributed by atoms with Gasteiger partial charge in [0.05, 0.1) is 23.7 Å². The Morgan fingerprint density at radius 2 is 2.05 bits per heavy atom. The van der Waals surface area contributed by atoms with Gasteiger partial charge < -0.3 is 10.1 Å². The summed E-state index contributed by atoms with van der Waals surface area (Å²) in [5.74, 6) is 0.440. The van der Waals surface area contributed by atoms with Gasteiger partial charge in [-0.2, -0.15) is 0 Å². The Bertz CT molecular complexity index is 503. The zero-order valence-corrected chi connectivity index (χ0v) is 13.6. The minimum atomic E-state index is -0.00703. The molecular formula is C15H20Cl2N2O2. The maximum atomic E-state index is 12.5. The van der Waals surface area contributed by atoms with Crippen LogP contribution < -0.4 is 10.1 Å². The lowest BCUT2D eigenvalue weighted by molar-refractivity contribution is 0.0917. The highest BCUT2D eigenvalue weighted by atomic mass is 35.5. The molecule has 1 aromatic carbocycles. The fourth-order valence-electron chi connectivity index (χ4n) is 2.28. The van der Waals surface area contributed by atoms with Gasteiger partial charge in [-0.3, -0.25) is 9.69 Å². The summed E-state index contributed by atoms with van der Waals surface area (Å²) in [4.78, 5) is 14.7. The fourth-order valence-corrected chi connectivity index (χ4v) is 2.82. The van der Waals surface area contributed by atoms with E-state index in [1.165, 1.54) is 0 Å². The van der Waals surface area contributed by atoms with Crippen LogP contribution in [0.2, 0.25) is 10.0 Å². The largest absolute Gasteiger partial charge is 0.491 e. The van der Waals surface area contributed by atoms with Crippen LogP contribution in [0.25, 0.3) is 0 Å². The van der Waals surface area contributed by atoms with Crippen LogP contribution in [-0.4, -0.2) is 50.0 Å². The number of ether oxygens (including phenoxy) is 1. The Labute approximate surface area is 135 Å². The molecular weight excluding hydrogens is 311 g/mol. The number of carbonyl (C=O) groups is 1. The van der Waals surface area contributed by atoms with Crippen LogP contribution >= 0.6 is 23.2 Å². The summed E-state index contributed by atoms with van der Waals surface area (Å²) in [6.07, 6.45) is 0.852. The molecule has 1 saturated heterocycles. The number of halogens is 2. The van der Waals surface area contributed by atoms with Crippen molar-refractivity contribution < 1.29 is 9.53 Å². The molecule has 0 bridgehead atoms. The molecule has 116 valence electrons. The molecule has 1 fully saturated rings. The lowest BCUT2D eigenvalue weighted by atomic mass is 10.1. The van der Waals surface area contributed by atoms with Crippen molar-refractivity contribution >= 4 is 29.0 Å². The Balaban J connectivity index is 2.17. The van der Waals surface area contributed by atoms with E-state index in [-0.39, 0.29) is 5.78 Å². The summed E-state index contributed by atoms with van der Waals surface area (Å²) in [6.45, 7) is 6.43. The number of nitrogens with zero attached hydrogens (tertiary/aromatic N) is 1. The summed E-state index contributed by atoms with van der Waals surface area (Å²) >= 11 is 12.2. The summed E-state index contributed by atoms with van der Waals surface area (Å²) in [5, 5.41) is 4.11. The van der Waals surface area contributed by atoms with Gasteiger partial charge in [0.1, 0.15) is 5.75 Å². The monoisotopic (exact) mass is 330 g/mol. The van der Waals surface area contributed by atoms with Crippen molar-refractivity contribution in [2.45, 2.75) is 13.3 Å². The van der Waals surface area contributed by atoms with Gasteiger partial charge in [0.2, 0.25) is 0 Å². The van der Waals surface area contributed by atoms with E-state index in [2.05, 4.69) is 10.2 Å². The van der Waals surface area contributed by atoms with Crippen molar-refractivity contribution in [2.24, 2.45) is 0 Å². The van der Waals surface area contributed by atoms with Crippen molar-refractivity contribution in [3.05, 3.63) is 27.7 Å². The van der Waals surface area contributed by atoms with E-state index in [0.29, 0.717) is 34.5 Å². The van der Waals surface area contributed by atoms with Crippen LogP contribution in [0.5, 0.6) is 5.75 Å². The minimum Gasteiger partial charge on any atom is -0.491 e. The number of rotatable bonds is 6. The fraction of sp³-hybridized carbons (Fsp3) is 0.533. The van der Waals surface area contributed by atoms with Crippen LogP contribution in [0.4, 0.5) is 0 Å². The smallest absolute Gasteiger partial charge is 0.180 e. The van der Waals surface area contributed by atoms with Crippen LogP contribution in [0.3, 0.4) is 0 Å². The summed E-state index contributed by atoms with van der Waals surface area (Å²) in [6, 6.07) is 3.25. The third-order valence-corrected chi connectivity index (χ3v) is 3.84. The highest BCUT2D eigenvalue weighted by molar-refractivity contribution is 6.36. The van der Waals surface area contributed by atoms with E-state index in [9.17, 15) is 4.79 Å². The zero-order valence-electron chi connectivity index (χ0n) is 12.1. The lowest BCUT2D eigenvalue weighted by Gasteiger charge is -2.26. The Hall–Kier alpha value is -0.810. The van der Waals surface area contributed by atoms with Crippen molar-refractivity contribution in [1.82, 2.24) is 10.2 Å². The second-order valence-electron chi connectivity index (χ2n) is 5.06. The average molecular weight is 331 g/mol. The molecule has 1 heterocycles. The molecule has 1 aliphatic heterocycles. The van der Waals surface area contributed by atoms with Crippen molar-refractivity contribution in [1.29, 1.82) is 0 Å². The molecule has 0 aromatic heterocycles. The second kappa shape index (κ2) is 7.99. The lowest BCUT2D eigenvalue weighted by Crippen LogP contribution is -2.45. The molecule has 0 unspecified atom stereocenters. The number of hydrogen-bond acceptors (Lipinski definition) is 4. The summed E-state index contributed by atoms with van der Waals surface area (Å²) in [5.41, 5.74) is 0.472. The van der Waals surface area contributed by atoms with Crippen LogP contribution in [-0.2, 0) is 0 Å². The van der Waals surface area contributed by atoms with Crippen LogP contribution in [0, 0.1) is 0 Å². The topological polar surface area (TPSA) is 41.6 Å². The van der Waals surface area contributed by atoms with E-state index in [1.807, 2.05) is 6.92 Å². The molecule has 21 heavy (non-hydrogen) atoms. The zero-order chi connectivity index (χ0) is 15.2. The van der Waals surface area contributed by atoms with Gasteiger partial charge in [0.15, 0.2) is 5.78 Å². The molecule has 1 aliphatic rings. The first kappa shape index (κ1) is 16.6.